The molecule has 0 atom stereocenters. The SMILES string of the molecule is C=C[Si](C)(C)CCCN(CCC)[Si](C)(C)C. The summed E-state index contributed by atoms with van der Waals surface area (Å²) >= 11 is 0. The van der Waals surface area contributed by atoms with Crippen molar-refractivity contribution in [2.75, 3.05) is 13.1 Å². The van der Waals surface area contributed by atoms with E-state index in [0.717, 1.165) is 0 Å². The van der Waals surface area contributed by atoms with E-state index in [1.807, 2.05) is 0 Å². The van der Waals surface area contributed by atoms with Crippen LogP contribution < -0.4 is 0 Å². The Bertz CT molecular complexity index is 206. The minimum absolute atomic E-state index is 1.07. The van der Waals surface area contributed by atoms with Crippen molar-refractivity contribution in [3.05, 3.63) is 12.3 Å². The van der Waals surface area contributed by atoms with Gasteiger partial charge in [-0.3, -0.25) is 0 Å². The smallest absolute Gasteiger partial charge is 0.119 e. The molecule has 0 bridgehead atoms. The first kappa shape index (κ1) is 16.1. The highest BCUT2D eigenvalue weighted by atomic mass is 28.3. The summed E-state index contributed by atoms with van der Waals surface area (Å²) in [5.74, 6) is 0. The second kappa shape index (κ2) is 6.77. The van der Waals surface area contributed by atoms with Crippen molar-refractivity contribution in [2.24, 2.45) is 0 Å². The normalized spacial score (nSPS) is 13.2. The van der Waals surface area contributed by atoms with E-state index >= 15 is 0 Å². The second-order valence-corrected chi connectivity index (χ2v) is 16.3. The van der Waals surface area contributed by atoms with Crippen LogP contribution in [-0.2, 0) is 0 Å². The number of nitrogens with zero attached hydrogens (tertiary/aromatic N) is 1. The highest BCUT2D eigenvalue weighted by molar-refractivity contribution is 6.82. The molecule has 0 aliphatic carbocycles. The summed E-state index contributed by atoms with van der Waals surface area (Å²) < 4.78 is 2.75. The molecule has 0 heterocycles. The van der Waals surface area contributed by atoms with Crippen LogP contribution in [0, 0.1) is 0 Å². The molecule has 96 valence electrons. The molecule has 0 fully saturated rings. The van der Waals surface area contributed by atoms with Crippen molar-refractivity contribution >= 4 is 16.3 Å². The number of rotatable bonds is 8. The van der Waals surface area contributed by atoms with Gasteiger partial charge in [-0.25, -0.2) is 0 Å². The van der Waals surface area contributed by atoms with E-state index in [1.54, 1.807) is 0 Å². The van der Waals surface area contributed by atoms with Crippen molar-refractivity contribution in [3.8, 4) is 0 Å². The van der Waals surface area contributed by atoms with E-state index < -0.39 is 16.3 Å². The van der Waals surface area contributed by atoms with Crippen LogP contribution >= 0.6 is 0 Å². The molecule has 0 aliphatic heterocycles. The Morgan fingerprint density at radius 1 is 1.06 bits per heavy atom. The quantitative estimate of drug-likeness (QED) is 0.584. The molecule has 0 aromatic carbocycles. The maximum absolute atomic E-state index is 3.97. The lowest BCUT2D eigenvalue weighted by Crippen LogP contribution is -2.47. The standard InChI is InChI=1S/C13H31NSi2/c1-8-11-14(15(3,4)5)12-10-13-16(6,7)9-2/h9H,2,8,10-13H2,1,3-7H3. The molecule has 0 aromatic heterocycles. The predicted octanol–water partition coefficient (Wildman–Crippen LogP) is 4.36. The third-order valence-electron chi connectivity index (χ3n) is 3.24. The van der Waals surface area contributed by atoms with E-state index in [2.05, 4.69) is 56.5 Å². The molecular formula is C13H31NSi2. The van der Waals surface area contributed by atoms with Crippen LogP contribution in [0.25, 0.3) is 0 Å². The molecule has 0 unspecified atom stereocenters. The Morgan fingerprint density at radius 2 is 1.62 bits per heavy atom. The fraction of sp³-hybridized carbons (Fsp3) is 0.846. The van der Waals surface area contributed by atoms with E-state index in [9.17, 15) is 0 Å². The Morgan fingerprint density at radius 3 is 2.00 bits per heavy atom. The van der Waals surface area contributed by atoms with Crippen LogP contribution in [0.3, 0.4) is 0 Å². The molecule has 0 radical (unpaired) electrons. The topological polar surface area (TPSA) is 3.24 Å². The average Bonchev–Trinajstić information content (AvgIpc) is 2.15. The zero-order valence-corrected chi connectivity index (χ0v) is 14.3. The van der Waals surface area contributed by atoms with Crippen LogP contribution in [-0.4, -0.2) is 34.0 Å². The molecule has 0 amide bonds. The summed E-state index contributed by atoms with van der Waals surface area (Å²) in [6.45, 7) is 21.0. The van der Waals surface area contributed by atoms with E-state index in [-0.39, 0.29) is 0 Å². The van der Waals surface area contributed by atoms with Gasteiger partial charge in [0.25, 0.3) is 0 Å². The first-order valence-corrected chi connectivity index (χ1v) is 13.3. The first-order chi connectivity index (χ1) is 7.23. The molecule has 0 spiro atoms. The van der Waals surface area contributed by atoms with Gasteiger partial charge in [0.1, 0.15) is 8.24 Å². The molecule has 3 heteroatoms. The molecule has 0 saturated heterocycles. The summed E-state index contributed by atoms with van der Waals surface area (Å²) in [4.78, 5) is 0. The summed E-state index contributed by atoms with van der Waals surface area (Å²) in [6.07, 6.45) is 2.64. The molecule has 1 nitrogen and oxygen atoms in total. The number of hydrogen-bond acceptors (Lipinski definition) is 1. The Balaban J connectivity index is 4.09. The van der Waals surface area contributed by atoms with Crippen molar-refractivity contribution in [1.29, 1.82) is 0 Å². The third kappa shape index (κ3) is 6.66. The van der Waals surface area contributed by atoms with Gasteiger partial charge in [-0.15, -0.1) is 12.3 Å². The van der Waals surface area contributed by atoms with Crippen molar-refractivity contribution in [1.82, 2.24) is 4.57 Å². The van der Waals surface area contributed by atoms with Gasteiger partial charge in [-0.05, 0) is 25.9 Å². The predicted molar refractivity (Wildman–Crippen MR) is 82.3 cm³/mol. The van der Waals surface area contributed by atoms with Crippen LogP contribution in [0.5, 0.6) is 0 Å². The monoisotopic (exact) mass is 257 g/mol. The zero-order chi connectivity index (χ0) is 12.8. The van der Waals surface area contributed by atoms with Crippen LogP contribution in [0.4, 0.5) is 0 Å². The molecule has 0 N–H and O–H groups in total. The molecular weight excluding hydrogens is 226 g/mol. The minimum Gasteiger partial charge on any atom is -0.324 e. The Labute approximate surface area is 105 Å². The van der Waals surface area contributed by atoms with Crippen LogP contribution in [0.1, 0.15) is 19.8 Å². The van der Waals surface area contributed by atoms with Crippen molar-refractivity contribution in [2.45, 2.75) is 58.5 Å². The zero-order valence-electron chi connectivity index (χ0n) is 12.3. The molecule has 16 heavy (non-hydrogen) atoms. The lowest BCUT2D eigenvalue weighted by Gasteiger charge is -2.34. The van der Waals surface area contributed by atoms with Gasteiger partial charge in [0.15, 0.2) is 0 Å². The van der Waals surface area contributed by atoms with Gasteiger partial charge < -0.3 is 4.57 Å². The molecule has 0 aromatic rings. The molecule has 0 aliphatic rings. The van der Waals surface area contributed by atoms with Crippen LogP contribution in [0.2, 0.25) is 38.8 Å². The highest BCUT2D eigenvalue weighted by Crippen LogP contribution is 2.16. The largest absolute Gasteiger partial charge is 0.324 e. The van der Waals surface area contributed by atoms with Gasteiger partial charge in [0.2, 0.25) is 0 Å². The summed E-state index contributed by atoms with van der Waals surface area (Å²) in [7, 11) is -2.16. The maximum Gasteiger partial charge on any atom is 0.119 e. The average molecular weight is 258 g/mol. The fourth-order valence-electron chi connectivity index (χ4n) is 1.88. The van der Waals surface area contributed by atoms with Crippen molar-refractivity contribution < 1.29 is 0 Å². The summed E-state index contributed by atoms with van der Waals surface area (Å²) in [6, 6.07) is 1.39. The minimum atomic E-state index is -1.09. The summed E-state index contributed by atoms with van der Waals surface area (Å²) in [5.41, 5.74) is 2.23. The molecule has 0 rings (SSSR count). The molecule has 0 saturated carbocycles. The first-order valence-electron chi connectivity index (χ1n) is 6.61. The lowest BCUT2D eigenvalue weighted by molar-refractivity contribution is 0.420. The van der Waals surface area contributed by atoms with Crippen molar-refractivity contribution in [3.63, 3.8) is 0 Å². The second-order valence-electron chi connectivity index (χ2n) is 6.45. The van der Waals surface area contributed by atoms with E-state index in [0.29, 0.717) is 0 Å². The van der Waals surface area contributed by atoms with E-state index in [1.165, 1.54) is 32.0 Å². The van der Waals surface area contributed by atoms with E-state index in [4.69, 9.17) is 0 Å². The van der Waals surface area contributed by atoms with Gasteiger partial charge in [-0.2, -0.15) is 0 Å². The maximum atomic E-state index is 3.97. The van der Waals surface area contributed by atoms with Gasteiger partial charge in [-0.1, -0.05) is 45.7 Å². The lowest BCUT2D eigenvalue weighted by atomic mass is 10.4. The van der Waals surface area contributed by atoms with Gasteiger partial charge in [0.05, 0.1) is 8.07 Å². The summed E-state index contributed by atoms with van der Waals surface area (Å²) in [5, 5.41) is 0. The van der Waals surface area contributed by atoms with Gasteiger partial charge >= 0.3 is 0 Å². The Hall–Kier alpha value is 0.134. The number of hydrogen-bond donors (Lipinski definition) is 0. The van der Waals surface area contributed by atoms with Crippen LogP contribution in [0.15, 0.2) is 12.3 Å². The Kier molecular flexibility index (Phi) is 6.83. The fourth-order valence-corrected chi connectivity index (χ4v) is 4.88. The van der Waals surface area contributed by atoms with Gasteiger partial charge in [0, 0.05) is 0 Å². The highest BCUT2D eigenvalue weighted by Gasteiger charge is 2.23. The third-order valence-corrected chi connectivity index (χ3v) is 8.34.